The number of amides is 2. The van der Waals surface area contributed by atoms with Gasteiger partial charge >= 0.3 is 18.1 Å². The SMILES string of the molecule is CCOC(=O)ON1CCN(C(=O)[C@H](CCC(=O)O)NC(=O)c2cc(OC3(C(=O)OCC)CCC3)n(-c3cccc(Cl)c3F)n2)CC1. The van der Waals surface area contributed by atoms with Crippen LogP contribution in [0, 0.1) is 5.82 Å². The molecule has 2 amide bonds. The number of carbonyl (C=O) groups is 5. The van der Waals surface area contributed by atoms with E-state index in [1.165, 1.54) is 34.2 Å². The van der Waals surface area contributed by atoms with Crippen LogP contribution >= 0.6 is 11.6 Å². The Morgan fingerprint density at radius 3 is 2.39 bits per heavy atom. The molecule has 1 aromatic carbocycles. The van der Waals surface area contributed by atoms with E-state index in [1.54, 1.807) is 13.8 Å². The molecule has 46 heavy (non-hydrogen) atoms. The van der Waals surface area contributed by atoms with E-state index >= 15 is 4.39 Å². The van der Waals surface area contributed by atoms with Crippen molar-refractivity contribution in [2.24, 2.45) is 0 Å². The number of halogens is 2. The van der Waals surface area contributed by atoms with Crippen LogP contribution in [-0.2, 0) is 28.7 Å². The number of nitrogens with one attached hydrogen (secondary N) is 1. The van der Waals surface area contributed by atoms with Crippen LogP contribution in [0.1, 0.15) is 56.4 Å². The predicted molar refractivity (Wildman–Crippen MR) is 157 cm³/mol. The van der Waals surface area contributed by atoms with Crippen molar-refractivity contribution in [3.8, 4) is 11.6 Å². The zero-order chi connectivity index (χ0) is 33.4. The third-order valence-electron chi connectivity index (χ3n) is 7.44. The molecular weight excluding hydrogens is 633 g/mol. The number of aromatic nitrogens is 2. The Morgan fingerprint density at radius 1 is 1.09 bits per heavy atom. The minimum Gasteiger partial charge on any atom is -0.481 e. The number of hydroxylamine groups is 2. The normalized spacial score (nSPS) is 16.5. The molecule has 2 aliphatic rings. The van der Waals surface area contributed by atoms with Crippen molar-refractivity contribution >= 4 is 41.5 Å². The molecule has 0 spiro atoms. The van der Waals surface area contributed by atoms with E-state index < -0.39 is 53.8 Å². The largest absolute Gasteiger partial charge is 0.527 e. The first kappa shape index (κ1) is 34.4. The fraction of sp³-hybridized carbons (Fsp3) is 0.517. The molecule has 4 rings (SSSR count). The van der Waals surface area contributed by atoms with E-state index in [2.05, 4.69) is 10.4 Å². The quantitative estimate of drug-likeness (QED) is 0.299. The highest BCUT2D eigenvalue weighted by Crippen LogP contribution is 2.39. The van der Waals surface area contributed by atoms with E-state index in [4.69, 9.17) is 30.6 Å². The summed E-state index contributed by atoms with van der Waals surface area (Å²) in [7, 11) is 0. The number of piperazine rings is 1. The first-order chi connectivity index (χ1) is 22.0. The average molecular weight is 668 g/mol. The molecule has 2 fully saturated rings. The molecule has 1 atom stereocenters. The molecule has 2 heterocycles. The van der Waals surface area contributed by atoms with Gasteiger partial charge in [0.05, 0.1) is 31.3 Å². The third kappa shape index (κ3) is 8.04. The Balaban J connectivity index is 1.57. The highest BCUT2D eigenvalue weighted by Gasteiger charge is 2.49. The smallest absolute Gasteiger partial charge is 0.481 e. The van der Waals surface area contributed by atoms with Crippen molar-refractivity contribution < 1.29 is 52.5 Å². The lowest BCUT2D eigenvalue weighted by Crippen LogP contribution is -2.55. The van der Waals surface area contributed by atoms with Crippen LogP contribution in [0.5, 0.6) is 5.88 Å². The number of hydrogen-bond donors (Lipinski definition) is 2. The minimum atomic E-state index is -1.37. The Morgan fingerprint density at radius 2 is 1.78 bits per heavy atom. The average Bonchev–Trinajstić information content (AvgIpc) is 3.42. The Hall–Kier alpha value is -4.44. The number of carbonyl (C=O) groups excluding carboxylic acids is 4. The number of nitrogens with zero attached hydrogens (tertiary/aromatic N) is 4. The number of hydrogen-bond acceptors (Lipinski definition) is 11. The molecular formula is C29H35ClFN5O10. The Labute approximate surface area is 268 Å². The second-order valence-corrected chi connectivity index (χ2v) is 10.9. The van der Waals surface area contributed by atoms with Crippen molar-refractivity contribution in [1.82, 2.24) is 25.1 Å². The zero-order valence-electron chi connectivity index (χ0n) is 25.3. The van der Waals surface area contributed by atoms with Gasteiger partial charge in [-0.25, -0.2) is 14.0 Å². The predicted octanol–water partition coefficient (Wildman–Crippen LogP) is 2.72. The van der Waals surface area contributed by atoms with E-state index in [1.807, 2.05) is 0 Å². The molecule has 1 saturated heterocycles. The molecule has 15 nitrogen and oxygen atoms in total. The van der Waals surface area contributed by atoms with E-state index in [0.29, 0.717) is 19.3 Å². The fourth-order valence-electron chi connectivity index (χ4n) is 4.91. The van der Waals surface area contributed by atoms with Crippen molar-refractivity contribution in [3.63, 3.8) is 0 Å². The molecule has 0 bridgehead atoms. The van der Waals surface area contributed by atoms with Crippen LogP contribution in [0.15, 0.2) is 24.3 Å². The van der Waals surface area contributed by atoms with Crippen molar-refractivity contribution in [2.75, 3.05) is 39.4 Å². The van der Waals surface area contributed by atoms with E-state index in [0.717, 1.165) is 4.68 Å². The van der Waals surface area contributed by atoms with Gasteiger partial charge in [0.15, 0.2) is 11.5 Å². The van der Waals surface area contributed by atoms with E-state index in [-0.39, 0.29) is 68.1 Å². The number of ether oxygens (including phenoxy) is 3. The Bertz CT molecular complexity index is 1460. The van der Waals surface area contributed by atoms with Gasteiger partial charge in [0, 0.05) is 25.6 Å². The molecule has 1 aliphatic carbocycles. The maximum absolute atomic E-state index is 15.1. The monoisotopic (exact) mass is 667 g/mol. The minimum absolute atomic E-state index is 0.110. The number of rotatable bonds is 13. The number of carboxylic acids is 1. The summed E-state index contributed by atoms with van der Waals surface area (Å²) in [6.45, 7) is 4.07. The number of carboxylic acid groups (broad SMARTS) is 1. The summed E-state index contributed by atoms with van der Waals surface area (Å²) in [6.07, 6.45) is -0.233. The summed E-state index contributed by atoms with van der Waals surface area (Å²) in [4.78, 5) is 69.2. The third-order valence-corrected chi connectivity index (χ3v) is 7.74. The standard InChI is InChI=1S/C29H35ClFN5O10/c1-3-43-27(41)29(11-6-12-29)45-22-17-20(33-36(22)21-8-5-7-18(30)24(21)31)25(39)32-19(9-10-23(37)38)26(40)34-13-15-35(16-14-34)46-28(42)44-4-2/h5,7-8,17,19H,3-4,6,9-16H2,1-2H3,(H,32,39)(H,37,38)/t19-/m0/s1. The molecule has 2 N–H and O–H groups in total. The van der Waals surface area contributed by atoms with Crippen LogP contribution in [0.3, 0.4) is 0 Å². The van der Waals surface area contributed by atoms with Crippen molar-refractivity contribution in [3.05, 3.63) is 40.8 Å². The van der Waals surface area contributed by atoms with E-state index in [9.17, 15) is 29.1 Å². The lowest BCUT2D eigenvalue weighted by Gasteiger charge is -2.38. The highest BCUT2D eigenvalue weighted by molar-refractivity contribution is 6.30. The lowest BCUT2D eigenvalue weighted by atomic mass is 9.80. The van der Waals surface area contributed by atoms with Gasteiger partial charge in [0.2, 0.25) is 17.4 Å². The molecule has 0 unspecified atom stereocenters. The topological polar surface area (TPSA) is 179 Å². The molecule has 0 radical (unpaired) electrons. The summed E-state index contributed by atoms with van der Waals surface area (Å²) in [5.41, 5.74) is -1.83. The molecule has 1 saturated carbocycles. The van der Waals surface area contributed by atoms with Crippen molar-refractivity contribution in [1.29, 1.82) is 0 Å². The molecule has 1 aromatic heterocycles. The van der Waals surface area contributed by atoms with Gasteiger partial charge in [-0.2, -0.15) is 9.78 Å². The number of benzene rings is 1. The fourth-order valence-corrected chi connectivity index (χ4v) is 5.08. The summed E-state index contributed by atoms with van der Waals surface area (Å²) >= 11 is 6.00. The van der Waals surface area contributed by atoms with Gasteiger partial charge in [-0.1, -0.05) is 17.7 Å². The van der Waals surface area contributed by atoms with Crippen LogP contribution in [0.4, 0.5) is 9.18 Å². The molecule has 250 valence electrons. The van der Waals surface area contributed by atoms with Crippen LogP contribution < -0.4 is 10.1 Å². The molecule has 1 aliphatic heterocycles. The first-order valence-electron chi connectivity index (χ1n) is 14.8. The molecule has 17 heteroatoms. The number of esters is 1. The van der Waals surface area contributed by atoms with Crippen molar-refractivity contribution in [2.45, 2.75) is 57.6 Å². The van der Waals surface area contributed by atoms with Gasteiger partial charge < -0.3 is 34.4 Å². The summed E-state index contributed by atoms with van der Waals surface area (Å²) in [5.74, 6) is -4.23. The second-order valence-electron chi connectivity index (χ2n) is 10.5. The molecule has 2 aromatic rings. The van der Waals surface area contributed by atoms with Crippen LogP contribution in [0.2, 0.25) is 5.02 Å². The summed E-state index contributed by atoms with van der Waals surface area (Å²) in [5, 5.41) is 17.2. The summed E-state index contributed by atoms with van der Waals surface area (Å²) in [6, 6.07) is 4.07. The summed E-state index contributed by atoms with van der Waals surface area (Å²) < 4.78 is 32.1. The van der Waals surface area contributed by atoms with Gasteiger partial charge in [-0.3, -0.25) is 14.4 Å². The maximum atomic E-state index is 15.1. The van der Waals surface area contributed by atoms with Gasteiger partial charge in [0.25, 0.3) is 5.91 Å². The highest BCUT2D eigenvalue weighted by atomic mass is 35.5. The first-order valence-corrected chi connectivity index (χ1v) is 15.2. The van der Waals surface area contributed by atoms with Gasteiger partial charge in [-0.15, -0.1) is 5.06 Å². The van der Waals surface area contributed by atoms with Crippen LogP contribution in [-0.4, -0.2) is 106 Å². The number of aliphatic carboxylic acids is 1. The van der Waals surface area contributed by atoms with Gasteiger partial charge in [0.1, 0.15) is 11.7 Å². The Kier molecular flexibility index (Phi) is 11.4. The van der Waals surface area contributed by atoms with Gasteiger partial charge in [-0.05, 0) is 51.7 Å². The zero-order valence-corrected chi connectivity index (χ0v) is 26.1. The second kappa shape index (κ2) is 15.2. The maximum Gasteiger partial charge on any atom is 0.527 e. The van der Waals surface area contributed by atoms with Crippen LogP contribution in [0.25, 0.3) is 5.69 Å². The lowest BCUT2D eigenvalue weighted by molar-refractivity contribution is -0.170.